The average Bonchev–Trinajstić information content (AvgIpc) is 3.25. The van der Waals surface area contributed by atoms with E-state index in [1.165, 1.54) is 5.56 Å². The van der Waals surface area contributed by atoms with Gasteiger partial charge in [0.2, 0.25) is 0 Å². The molecule has 0 aliphatic carbocycles. The number of benzene rings is 2. The van der Waals surface area contributed by atoms with Crippen LogP contribution >= 0.6 is 35.7 Å². The molecule has 0 spiro atoms. The fraction of sp³-hybridized carbons (Fsp3) is 0.333. The molecule has 2 aliphatic heterocycles. The van der Waals surface area contributed by atoms with Crippen LogP contribution in [0.5, 0.6) is 0 Å². The molecule has 7 nitrogen and oxygen atoms in total. The van der Waals surface area contributed by atoms with E-state index in [1.807, 2.05) is 6.07 Å². The van der Waals surface area contributed by atoms with Crippen LogP contribution in [0.15, 0.2) is 52.3 Å². The van der Waals surface area contributed by atoms with Gasteiger partial charge in [-0.1, -0.05) is 37.0 Å². The van der Waals surface area contributed by atoms with Gasteiger partial charge in [-0.15, -0.1) is 11.8 Å². The maximum atomic E-state index is 12.6. The highest BCUT2D eigenvalue weighted by atomic mass is 32.2. The summed E-state index contributed by atoms with van der Waals surface area (Å²) in [6, 6.07) is 14.9. The number of hydrogen-bond acceptors (Lipinski definition) is 7. The number of carboxylic acids is 2. The Balaban J connectivity index is 1.48. The number of fused-ring (bicyclic) bond motifs is 1. The molecule has 2 atom stereocenters. The molecule has 2 unspecified atom stereocenters. The molecule has 37 heavy (non-hydrogen) atoms. The average molecular weight is 557 g/mol. The first-order chi connectivity index (χ1) is 17.7. The molecular weight excluding hydrogens is 529 g/mol. The Morgan fingerprint density at radius 2 is 1.81 bits per heavy atom. The normalized spacial score (nSPS) is 20.1. The van der Waals surface area contributed by atoms with Crippen LogP contribution in [0.1, 0.15) is 50.2 Å². The van der Waals surface area contributed by atoms with Crippen molar-refractivity contribution in [2.24, 2.45) is 0 Å². The second kappa shape index (κ2) is 11.7. The van der Waals surface area contributed by atoms with Crippen LogP contribution in [-0.2, 0) is 14.4 Å². The number of carboxylic acid groups (broad SMARTS) is 2. The second-order valence-corrected chi connectivity index (χ2v) is 11.9. The molecule has 2 N–H and O–H groups in total. The van der Waals surface area contributed by atoms with Gasteiger partial charge in [-0.3, -0.25) is 19.3 Å². The molecular formula is C27H28N2O5S3. The molecule has 0 saturated carbocycles. The molecule has 1 amide bonds. The van der Waals surface area contributed by atoms with E-state index in [-0.39, 0.29) is 28.6 Å². The highest BCUT2D eigenvalue weighted by Crippen LogP contribution is 2.46. The molecule has 0 bridgehead atoms. The van der Waals surface area contributed by atoms with Gasteiger partial charge in [-0.25, -0.2) is 0 Å². The fourth-order valence-corrected chi connectivity index (χ4v) is 6.69. The van der Waals surface area contributed by atoms with Crippen molar-refractivity contribution in [3.05, 3.63) is 58.5 Å². The predicted molar refractivity (Wildman–Crippen MR) is 153 cm³/mol. The van der Waals surface area contributed by atoms with Gasteiger partial charge in [-0.05, 0) is 79.1 Å². The van der Waals surface area contributed by atoms with Crippen molar-refractivity contribution >= 4 is 75.4 Å². The molecule has 194 valence electrons. The third-order valence-electron chi connectivity index (χ3n) is 6.57. The van der Waals surface area contributed by atoms with Crippen molar-refractivity contribution in [1.29, 1.82) is 0 Å². The topological polar surface area (TPSA) is 98.2 Å². The van der Waals surface area contributed by atoms with E-state index in [9.17, 15) is 14.4 Å². The highest BCUT2D eigenvalue weighted by Gasteiger charge is 2.35. The van der Waals surface area contributed by atoms with Crippen LogP contribution < -0.4 is 4.90 Å². The molecule has 0 radical (unpaired) electrons. The number of unbranched alkanes of at least 4 members (excludes halogenated alkanes) is 1. The van der Waals surface area contributed by atoms with E-state index < -0.39 is 18.5 Å². The largest absolute Gasteiger partial charge is 0.481 e. The summed E-state index contributed by atoms with van der Waals surface area (Å²) in [5.74, 6) is -1.05. The van der Waals surface area contributed by atoms with Gasteiger partial charge in [0.1, 0.15) is 10.9 Å². The Hall–Kier alpha value is -2.82. The maximum absolute atomic E-state index is 12.6. The summed E-state index contributed by atoms with van der Waals surface area (Å²) in [5, 5.41) is 17.8. The minimum absolute atomic E-state index is 0.217. The molecule has 2 aliphatic rings. The standard InChI is InChI=1S/C27H28N2O5S3/c1-16-17(2)29(19-7-9-20(10-8-19)36-12-4-3-5-24(30)31)22-11-6-18(13-21(16)22)14-23-26(34)28(15-25(32)33)27(35)37-23/h6-11,13-14,16-17H,3-5,12,15H2,1-2H3,(H,30,31)(H,32,33). The van der Waals surface area contributed by atoms with Crippen LogP contribution in [0.25, 0.3) is 6.08 Å². The lowest BCUT2D eigenvalue weighted by Gasteiger charge is -2.26. The lowest BCUT2D eigenvalue weighted by atomic mass is 9.96. The number of carbonyl (C=O) groups excluding carboxylic acids is 1. The predicted octanol–water partition coefficient (Wildman–Crippen LogP) is 5.96. The van der Waals surface area contributed by atoms with E-state index in [2.05, 4.69) is 55.1 Å². The number of nitrogens with zero attached hydrogens (tertiary/aromatic N) is 2. The number of hydrogen-bond donors (Lipinski definition) is 2. The van der Waals surface area contributed by atoms with Gasteiger partial charge in [0.25, 0.3) is 5.91 Å². The van der Waals surface area contributed by atoms with Crippen molar-refractivity contribution in [3.8, 4) is 0 Å². The third kappa shape index (κ3) is 6.19. The maximum Gasteiger partial charge on any atom is 0.323 e. The number of carbonyl (C=O) groups is 3. The first-order valence-corrected chi connectivity index (χ1v) is 14.2. The summed E-state index contributed by atoms with van der Waals surface area (Å²) in [6.45, 7) is 3.96. The molecule has 10 heteroatoms. The van der Waals surface area contributed by atoms with Crippen LogP contribution in [0, 0.1) is 0 Å². The monoisotopic (exact) mass is 556 g/mol. The Morgan fingerprint density at radius 1 is 1.08 bits per heavy atom. The Morgan fingerprint density at radius 3 is 2.49 bits per heavy atom. The van der Waals surface area contributed by atoms with Crippen LogP contribution in [0.4, 0.5) is 11.4 Å². The summed E-state index contributed by atoms with van der Waals surface area (Å²) in [4.78, 5) is 39.4. The fourth-order valence-electron chi connectivity index (χ4n) is 4.52. The van der Waals surface area contributed by atoms with Gasteiger partial charge in [0.05, 0.1) is 4.91 Å². The lowest BCUT2D eigenvalue weighted by molar-refractivity contribution is -0.140. The summed E-state index contributed by atoms with van der Waals surface area (Å²) >= 11 is 8.07. The van der Waals surface area contributed by atoms with Gasteiger partial charge >= 0.3 is 11.9 Å². The SMILES string of the molecule is CC1c2cc(C=C3SC(=S)N(CC(=O)O)C3=O)ccc2N(c2ccc(SCCCCC(=O)O)cc2)C1C. The van der Waals surface area contributed by atoms with Gasteiger partial charge < -0.3 is 15.1 Å². The van der Waals surface area contributed by atoms with Crippen LogP contribution in [0.2, 0.25) is 0 Å². The van der Waals surface area contributed by atoms with E-state index in [0.717, 1.165) is 50.7 Å². The smallest absolute Gasteiger partial charge is 0.323 e. The third-order valence-corrected chi connectivity index (χ3v) is 9.04. The molecule has 4 rings (SSSR count). The van der Waals surface area contributed by atoms with Gasteiger partial charge in [-0.2, -0.15) is 0 Å². The van der Waals surface area contributed by atoms with E-state index in [1.54, 1.807) is 17.8 Å². The molecule has 1 saturated heterocycles. The summed E-state index contributed by atoms with van der Waals surface area (Å²) in [7, 11) is 0. The first kappa shape index (κ1) is 27.2. The van der Waals surface area contributed by atoms with E-state index >= 15 is 0 Å². The van der Waals surface area contributed by atoms with Crippen molar-refractivity contribution in [1.82, 2.24) is 4.90 Å². The minimum atomic E-state index is -1.10. The zero-order valence-electron chi connectivity index (χ0n) is 20.5. The number of rotatable bonds is 10. The minimum Gasteiger partial charge on any atom is -0.481 e. The number of anilines is 2. The lowest BCUT2D eigenvalue weighted by Crippen LogP contribution is -2.33. The molecule has 0 aromatic heterocycles. The molecule has 2 aromatic carbocycles. The number of thiocarbonyl (C=S) groups is 1. The number of amides is 1. The van der Waals surface area contributed by atoms with Gasteiger partial charge in [0.15, 0.2) is 0 Å². The highest BCUT2D eigenvalue weighted by molar-refractivity contribution is 8.26. The van der Waals surface area contributed by atoms with Crippen LogP contribution in [0.3, 0.4) is 0 Å². The number of aliphatic carboxylic acids is 2. The van der Waals surface area contributed by atoms with Crippen molar-refractivity contribution in [3.63, 3.8) is 0 Å². The summed E-state index contributed by atoms with van der Waals surface area (Å²) in [6.07, 6.45) is 3.57. The van der Waals surface area contributed by atoms with Crippen molar-refractivity contribution < 1.29 is 24.6 Å². The quantitative estimate of drug-likeness (QED) is 0.159. The summed E-state index contributed by atoms with van der Waals surface area (Å²) in [5.41, 5.74) is 4.31. The van der Waals surface area contributed by atoms with E-state index in [0.29, 0.717) is 11.3 Å². The molecule has 2 heterocycles. The molecule has 1 fully saturated rings. The Kier molecular flexibility index (Phi) is 8.61. The zero-order valence-corrected chi connectivity index (χ0v) is 23.0. The first-order valence-electron chi connectivity index (χ1n) is 12.0. The zero-order chi connectivity index (χ0) is 26.7. The second-order valence-electron chi connectivity index (χ2n) is 9.07. The molecule has 2 aromatic rings. The van der Waals surface area contributed by atoms with Gasteiger partial charge in [0, 0.05) is 34.7 Å². The van der Waals surface area contributed by atoms with Crippen molar-refractivity contribution in [2.75, 3.05) is 17.2 Å². The van der Waals surface area contributed by atoms with Crippen LogP contribution in [-0.4, -0.2) is 55.6 Å². The van der Waals surface area contributed by atoms with Crippen molar-refractivity contribution in [2.45, 2.75) is 50.0 Å². The number of thioether (sulfide) groups is 2. The van der Waals surface area contributed by atoms with E-state index in [4.69, 9.17) is 22.4 Å². The Labute approximate surface area is 229 Å². The Bertz CT molecular complexity index is 1260. The summed E-state index contributed by atoms with van der Waals surface area (Å²) < 4.78 is 0.259.